The fourth-order valence-corrected chi connectivity index (χ4v) is 4.19. The van der Waals surface area contributed by atoms with Crippen LogP contribution in [0.4, 0.5) is 15.8 Å². The molecule has 0 bridgehead atoms. The average molecular weight is 426 g/mol. The molecule has 8 heteroatoms. The summed E-state index contributed by atoms with van der Waals surface area (Å²) in [5, 5.41) is 4.96. The molecule has 0 atom stereocenters. The van der Waals surface area contributed by atoms with E-state index in [-0.39, 0.29) is 27.8 Å². The zero-order valence-electron chi connectivity index (χ0n) is 16.1. The van der Waals surface area contributed by atoms with E-state index in [0.29, 0.717) is 11.3 Å². The number of carbonyl (C=O) groups excluding carboxylic acids is 2. The molecule has 0 aliphatic carbocycles. The molecule has 0 heterocycles. The van der Waals surface area contributed by atoms with Gasteiger partial charge in [-0.15, -0.1) is 0 Å². The molecule has 3 aromatic rings. The third-order valence-electron chi connectivity index (χ3n) is 4.18. The quantitative estimate of drug-likeness (QED) is 0.623. The predicted octanol–water partition coefficient (Wildman–Crippen LogP) is 4.01. The first kappa shape index (κ1) is 21.2. The van der Waals surface area contributed by atoms with Gasteiger partial charge >= 0.3 is 0 Å². The molecule has 0 aliphatic heterocycles. The van der Waals surface area contributed by atoms with E-state index in [9.17, 15) is 22.4 Å². The van der Waals surface area contributed by atoms with Crippen molar-refractivity contribution in [2.45, 2.75) is 17.6 Å². The summed E-state index contributed by atoms with van der Waals surface area (Å²) in [6, 6.07) is 18.0. The van der Waals surface area contributed by atoms with E-state index in [1.807, 2.05) is 0 Å². The lowest BCUT2D eigenvalue weighted by Gasteiger charge is -2.10. The largest absolute Gasteiger partial charge is 0.326 e. The highest BCUT2D eigenvalue weighted by atomic mass is 32.2. The summed E-state index contributed by atoms with van der Waals surface area (Å²) in [4.78, 5) is 23.9. The van der Waals surface area contributed by atoms with Crippen LogP contribution in [0.5, 0.6) is 0 Å². The number of halogens is 1. The lowest BCUT2D eigenvalue weighted by molar-refractivity contribution is -0.114. The zero-order valence-corrected chi connectivity index (χ0v) is 16.9. The van der Waals surface area contributed by atoms with E-state index in [0.717, 1.165) is 6.07 Å². The number of nitrogens with one attached hydrogen (secondary N) is 2. The lowest BCUT2D eigenvalue weighted by Crippen LogP contribution is -2.14. The van der Waals surface area contributed by atoms with Crippen LogP contribution in [0, 0.1) is 5.82 Å². The lowest BCUT2D eigenvalue weighted by atomic mass is 10.1. The molecule has 154 valence electrons. The van der Waals surface area contributed by atoms with E-state index in [2.05, 4.69) is 10.6 Å². The standard InChI is InChI=1S/C22H19FN2O4S/c1-15(26)24-18-10-11-20(23)21(13-18)25-22(27)17-7-5-6-16(12-17)14-30(28,29)19-8-3-2-4-9-19/h2-13H,14H2,1H3,(H,24,26)(H,25,27). The van der Waals surface area contributed by atoms with Crippen molar-refractivity contribution in [1.29, 1.82) is 0 Å². The van der Waals surface area contributed by atoms with E-state index < -0.39 is 21.6 Å². The number of amides is 2. The Morgan fingerprint density at radius 2 is 1.63 bits per heavy atom. The summed E-state index contributed by atoms with van der Waals surface area (Å²) < 4.78 is 39.2. The Bertz CT molecular complexity index is 1190. The Balaban J connectivity index is 1.79. The Labute approximate surface area is 173 Å². The van der Waals surface area contributed by atoms with Crippen molar-refractivity contribution in [3.05, 3.63) is 89.7 Å². The van der Waals surface area contributed by atoms with E-state index in [1.165, 1.54) is 43.3 Å². The fourth-order valence-electron chi connectivity index (χ4n) is 2.83. The number of anilines is 2. The molecular weight excluding hydrogens is 407 g/mol. The molecule has 30 heavy (non-hydrogen) atoms. The predicted molar refractivity (Wildman–Crippen MR) is 112 cm³/mol. The highest BCUT2D eigenvalue weighted by Crippen LogP contribution is 2.21. The number of hydrogen-bond donors (Lipinski definition) is 2. The summed E-state index contributed by atoms with van der Waals surface area (Å²) in [5.74, 6) is -1.87. The maximum atomic E-state index is 14.1. The van der Waals surface area contributed by atoms with Crippen LogP contribution in [0.1, 0.15) is 22.8 Å². The van der Waals surface area contributed by atoms with Gasteiger partial charge in [-0.2, -0.15) is 0 Å². The zero-order chi connectivity index (χ0) is 21.7. The van der Waals surface area contributed by atoms with Gasteiger partial charge < -0.3 is 10.6 Å². The van der Waals surface area contributed by atoms with Gasteiger partial charge in [-0.25, -0.2) is 12.8 Å². The summed E-state index contributed by atoms with van der Waals surface area (Å²) in [5.41, 5.74) is 0.842. The molecule has 3 rings (SSSR count). The van der Waals surface area contributed by atoms with Crippen LogP contribution in [-0.2, 0) is 20.4 Å². The van der Waals surface area contributed by atoms with Gasteiger partial charge in [0.1, 0.15) is 5.82 Å². The highest BCUT2D eigenvalue weighted by molar-refractivity contribution is 7.90. The average Bonchev–Trinajstić information content (AvgIpc) is 2.70. The number of sulfone groups is 1. The van der Waals surface area contributed by atoms with Crippen LogP contribution in [0.15, 0.2) is 77.7 Å². The number of hydrogen-bond acceptors (Lipinski definition) is 4. The maximum Gasteiger partial charge on any atom is 0.255 e. The van der Waals surface area contributed by atoms with Gasteiger partial charge in [0.2, 0.25) is 5.91 Å². The number of rotatable bonds is 6. The summed E-state index contributed by atoms with van der Waals surface area (Å²) >= 11 is 0. The monoisotopic (exact) mass is 426 g/mol. The molecular formula is C22H19FN2O4S. The Hall–Kier alpha value is -3.52. The summed E-state index contributed by atoms with van der Waals surface area (Å²) in [6.45, 7) is 1.32. The van der Waals surface area contributed by atoms with Crippen LogP contribution in [0.3, 0.4) is 0 Å². The van der Waals surface area contributed by atoms with Crippen molar-refractivity contribution in [3.8, 4) is 0 Å². The first-order chi connectivity index (χ1) is 14.2. The Morgan fingerprint density at radius 3 is 2.33 bits per heavy atom. The van der Waals surface area contributed by atoms with Gasteiger partial charge in [-0.1, -0.05) is 30.3 Å². The smallest absolute Gasteiger partial charge is 0.255 e. The molecule has 0 saturated heterocycles. The first-order valence-corrected chi connectivity index (χ1v) is 10.6. The highest BCUT2D eigenvalue weighted by Gasteiger charge is 2.17. The Morgan fingerprint density at radius 1 is 0.900 bits per heavy atom. The second-order valence-corrected chi connectivity index (χ2v) is 8.59. The van der Waals surface area contributed by atoms with E-state index >= 15 is 0 Å². The van der Waals surface area contributed by atoms with Gasteiger partial charge in [-0.05, 0) is 48.0 Å². The topological polar surface area (TPSA) is 92.3 Å². The van der Waals surface area contributed by atoms with E-state index in [1.54, 1.807) is 30.3 Å². The van der Waals surface area contributed by atoms with Crippen LogP contribution < -0.4 is 10.6 Å². The molecule has 2 N–H and O–H groups in total. The Kier molecular flexibility index (Phi) is 6.27. The van der Waals surface area contributed by atoms with Gasteiger partial charge in [0.25, 0.3) is 5.91 Å². The van der Waals surface area contributed by atoms with Gasteiger partial charge in [-0.3, -0.25) is 9.59 Å². The van der Waals surface area contributed by atoms with Gasteiger partial charge in [0.05, 0.1) is 16.3 Å². The summed E-state index contributed by atoms with van der Waals surface area (Å²) in [6.07, 6.45) is 0. The van der Waals surface area contributed by atoms with Gasteiger partial charge in [0.15, 0.2) is 9.84 Å². The molecule has 3 aromatic carbocycles. The minimum Gasteiger partial charge on any atom is -0.326 e. The third-order valence-corrected chi connectivity index (χ3v) is 5.89. The van der Waals surface area contributed by atoms with Crippen molar-refractivity contribution in [2.24, 2.45) is 0 Å². The molecule has 0 fully saturated rings. The van der Waals surface area contributed by atoms with Crippen molar-refractivity contribution < 1.29 is 22.4 Å². The number of carbonyl (C=O) groups is 2. The first-order valence-electron chi connectivity index (χ1n) is 9.00. The van der Waals surface area contributed by atoms with Crippen LogP contribution in [0.25, 0.3) is 0 Å². The maximum absolute atomic E-state index is 14.1. The van der Waals surface area contributed by atoms with E-state index in [4.69, 9.17) is 0 Å². The molecule has 2 amide bonds. The SMILES string of the molecule is CC(=O)Nc1ccc(F)c(NC(=O)c2cccc(CS(=O)(=O)c3ccccc3)c2)c1. The minimum atomic E-state index is -3.57. The van der Waals surface area contributed by atoms with Crippen LogP contribution in [0.2, 0.25) is 0 Å². The minimum absolute atomic E-state index is 0.103. The normalized spacial score (nSPS) is 11.0. The van der Waals surface area contributed by atoms with Crippen molar-refractivity contribution in [3.63, 3.8) is 0 Å². The molecule has 0 radical (unpaired) electrons. The van der Waals surface area contributed by atoms with Crippen molar-refractivity contribution in [2.75, 3.05) is 10.6 Å². The second-order valence-electron chi connectivity index (χ2n) is 6.60. The molecule has 6 nitrogen and oxygen atoms in total. The summed E-state index contributed by atoms with van der Waals surface area (Å²) in [7, 11) is -3.57. The van der Waals surface area contributed by atoms with Crippen LogP contribution in [-0.4, -0.2) is 20.2 Å². The molecule has 0 aromatic heterocycles. The third kappa shape index (κ3) is 5.30. The molecule has 0 unspecified atom stereocenters. The van der Waals surface area contributed by atoms with Crippen molar-refractivity contribution in [1.82, 2.24) is 0 Å². The fraction of sp³-hybridized carbons (Fsp3) is 0.0909. The molecule has 0 spiro atoms. The van der Waals surface area contributed by atoms with Crippen molar-refractivity contribution >= 4 is 33.0 Å². The molecule has 0 saturated carbocycles. The van der Waals surface area contributed by atoms with Gasteiger partial charge in [0, 0.05) is 18.2 Å². The van der Waals surface area contributed by atoms with Crippen LogP contribution >= 0.6 is 0 Å². The second kappa shape index (κ2) is 8.87. The molecule has 0 aliphatic rings. The number of benzene rings is 3.